The van der Waals surface area contributed by atoms with Gasteiger partial charge in [-0.3, -0.25) is 19.8 Å². The van der Waals surface area contributed by atoms with Crippen LogP contribution in [-0.2, 0) is 9.59 Å². The summed E-state index contributed by atoms with van der Waals surface area (Å²) in [5, 5.41) is 14.7. The molecule has 2 aromatic rings. The summed E-state index contributed by atoms with van der Waals surface area (Å²) in [5.74, 6) is -0.435. The van der Waals surface area contributed by atoms with Crippen molar-refractivity contribution in [1.82, 2.24) is 10.2 Å². The Labute approximate surface area is 131 Å². The Morgan fingerprint density at radius 3 is 2.91 bits per heavy atom. The lowest BCUT2D eigenvalue weighted by atomic mass is 10.1. The second-order valence-electron chi connectivity index (χ2n) is 4.98. The number of carbonyl (C=O) groups is 2. The quantitative estimate of drug-likeness (QED) is 0.898. The lowest BCUT2D eigenvalue weighted by Crippen LogP contribution is -2.48. The third-order valence-corrected chi connectivity index (χ3v) is 4.03. The van der Waals surface area contributed by atoms with Crippen LogP contribution in [0.25, 0.3) is 0 Å². The summed E-state index contributed by atoms with van der Waals surface area (Å²) in [6.45, 7) is 3.53. The molecule has 1 atom stereocenters. The van der Waals surface area contributed by atoms with E-state index in [0.29, 0.717) is 10.8 Å². The molecule has 22 heavy (non-hydrogen) atoms. The van der Waals surface area contributed by atoms with Crippen molar-refractivity contribution >= 4 is 39.7 Å². The first-order valence-electron chi connectivity index (χ1n) is 6.81. The molecule has 0 saturated carbocycles. The van der Waals surface area contributed by atoms with Crippen molar-refractivity contribution in [2.75, 3.05) is 22.1 Å². The molecule has 0 aliphatic carbocycles. The van der Waals surface area contributed by atoms with E-state index in [4.69, 9.17) is 0 Å². The summed E-state index contributed by atoms with van der Waals surface area (Å²) in [6.07, 6.45) is 0. The Morgan fingerprint density at radius 2 is 2.18 bits per heavy atom. The average Bonchev–Trinajstić information content (AvgIpc) is 2.89. The van der Waals surface area contributed by atoms with E-state index in [-0.39, 0.29) is 24.4 Å². The summed E-state index contributed by atoms with van der Waals surface area (Å²) in [6, 6.07) is 7.05. The van der Waals surface area contributed by atoms with Crippen molar-refractivity contribution in [2.24, 2.45) is 0 Å². The lowest BCUT2D eigenvalue weighted by Gasteiger charge is -2.33. The predicted octanol–water partition coefficient (Wildman–Crippen LogP) is 1.63. The fourth-order valence-corrected chi connectivity index (χ4v) is 2.90. The molecule has 1 aromatic heterocycles. The summed E-state index contributed by atoms with van der Waals surface area (Å²) in [7, 11) is 0. The van der Waals surface area contributed by atoms with Crippen LogP contribution in [0.3, 0.4) is 0 Å². The van der Waals surface area contributed by atoms with Crippen molar-refractivity contribution in [3.05, 3.63) is 29.3 Å². The molecule has 2 N–H and O–H groups in total. The molecule has 0 saturated heterocycles. The van der Waals surface area contributed by atoms with Gasteiger partial charge in [-0.15, -0.1) is 10.2 Å². The van der Waals surface area contributed by atoms with Gasteiger partial charge >= 0.3 is 0 Å². The zero-order chi connectivity index (χ0) is 15.7. The fraction of sp³-hybridized carbons (Fsp3) is 0.286. The number of amides is 2. The van der Waals surface area contributed by atoms with E-state index in [1.54, 1.807) is 6.92 Å². The molecule has 1 unspecified atom stereocenters. The average molecular weight is 317 g/mol. The zero-order valence-corrected chi connectivity index (χ0v) is 13.0. The van der Waals surface area contributed by atoms with E-state index < -0.39 is 0 Å². The second kappa shape index (κ2) is 5.72. The van der Waals surface area contributed by atoms with Gasteiger partial charge in [-0.2, -0.15) is 0 Å². The number of nitrogens with zero attached hydrogens (tertiary/aromatic N) is 3. The van der Waals surface area contributed by atoms with Gasteiger partial charge in [0.05, 0.1) is 11.4 Å². The summed E-state index contributed by atoms with van der Waals surface area (Å²) >= 11 is 1.30. The first-order valence-corrected chi connectivity index (χ1v) is 7.63. The molecule has 0 spiro atoms. The van der Waals surface area contributed by atoms with Crippen molar-refractivity contribution in [1.29, 1.82) is 0 Å². The number of benzene rings is 1. The van der Waals surface area contributed by atoms with Gasteiger partial charge < -0.3 is 5.32 Å². The molecule has 3 rings (SSSR count). The van der Waals surface area contributed by atoms with Gasteiger partial charge in [0.2, 0.25) is 16.9 Å². The topological polar surface area (TPSA) is 87.2 Å². The maximum atomic E-state index is 12.3. The van der Waals surface area contributed by atoms with Crippen molar-refractivity contribution in [2.45, 2.75) is 19.9 Å². The number of rotatable bonds is 3. The largest absolute Gasteiger partial charge is 0.372 e. The van der Waals surface area contributed by atoms with Gasteiger partial charge in [-0.1, -0.05) is 23.5 Å². The zero-order valence-electron chi connectivity index (χ0n) is 12.2. The van der Waals surface area contributed by atoms with E-state index in [0.717, 1.165) is 10.7 Å². The first-order chi connectivity index (χ1) is 10.5. The van der Waals surface area contributed by atoms with E-state index in [1.165, 1.54) is 16.2 Å². The monoisotopic (exact) mass is 317 g/mol. The van der Waals surface area contributed by atoms with Gasteiger partial charge in [0, 0.05) is 0 Å². The van der Waals surface area contributed by atoms with Gasteiger partial charge in [0.25, 0.3) is 0 Å². The van der Waals surface area contributed by atoms with Crippen LogP contribution in [0.2, 0.25) is 0 Å². The molecule has 8 heteroatoms. The lowest BCUT2D eigenvalue weighted by molar-refractivity contribution is -0.122. The summed E-state index contributed by atoms with van der Waals surface area (Å²) < 4.78 is 0. The SMILES string of the molecule is Cc1nnc(NC(=O)CN2C(=O)C(C)Nc3ccccc32)s1. The highest BCUT2D eigenvalue weighted by Crippen LogP contribution is 2.30. The number of anilines is 3. The molecular weight excluding hydrogens is 302 g/mol. The maximum absolute atomic E-state index is 12.3. The third-order valence-electron chi connectivity index (χ3n) is 3.28. The number of fused-ring (bicyclic) bond motifs is 1. The highest BCUT2D eigenvalue weighted by Gasteiger charge is 2.30. The number of hydrogen-bond donors (Lipinski definition) is 2. The van der Waals surface area contributed by atoms with Gasteiger partial charge in [-0.05, 0) is 26.0 Å². The van der Waals surface area contributed by atoms with Crippen molar-refractivity contribution in [3.8, 4) is 0 Å². The smallest absolute Gasteiger partial charge is 0.249 e. The van der Waals surface area contributed by atoms with Crippen LogP contribution in [0.5, 0.6) is 0 Å². The van der Waals surface area contributed by atoms with Crippen molar-refractivity contribution < 1.29 is 9.59 Å². The number of hydrogen-bond acceptors (Lipinski definition) is 6. The summed E-state index contributed by atoms with van der Waals surface area (Å²) in [5.41, 5.74) is 1.54. The standard InChI is InChI=1S/C14H15N5O2S/c1-8-13(21)19(11-6-4-3-5-10(11)15-8)7-12(20)16-14-18-17-9(2)22-14/h3-6,8,15H,7H2,1-2H3,(H,16,18,20). The normalized spacial score (nSPS) is 16.9. The van der Waals surface area contributed by atoms with Crippen LogP contribution < -0.4 is 15.5 Å². The second-order valence-corrected chi connectivity index (χ2v) is 6.16. The third kappa shape index (κ3) is 2.77. The van der Waals surface area contributed by atoms with Crippen molar-refractivity contribution in [3.63, 3.8) is 0 Å². The van der Waals surface area contributed by atoms with Crippen LogP contribution >= 0.6 is 11.3 Å². The number of nitrogens with one attached hydrogen (secondary N) is 2. The molecule has 1 aliphatic rings. The minimum absolute atomic E-state index is 0.0551. The van der Waals surface area contributed by atoms with Gasteiger partial charge in [-0.25, -0.2) is 0 Å². The molecule has 1 aliphatic heterocycles. The molecule has 0 fully saturated rings. The van der Waals surface area contributed by atoms with Gasteiger partial charge in [0.15, 0.2) is 0 Å². The Balaban J connectivity index is 1.78. The highest BCUT2D eigenvalue weighted by molar-refractivity contribution is 7.15. The minimum atomic E-state index is -0.369. The number of aromatic nitrogens is 2. The number of para-hydroxylation sites is 2. The molecule has 114 valence electrons. The van der Waals surface area contributed by atoms with E-state index in [2.05, 4.69) is 20.8 Å². The molecule has 0 bridgehead atoms. The van der Waals surface area contributed by atoms with Crippen LogP contribution in [0.4, 0.5) is 16.5 Å². The Morgan fingerprint density at radius 1 is 1.41 bits per heavy atom. The Kier molecular flexibility index (Phi) is 3.76. The van der Waals surface area contributed by atoms with Crippen LogP contribution in [-0.4, -0.2) is 34.6 Å². The predicted molar refractivity (Wildman–Crippen MR) is 85.2 cm³/mol. The minimum Gasteiger partial charge on any atom is -0.372 e. The van der Waals surface area contributed by atoms with E-state index in [9.17, 15) is 9.59 Å². The molecule has 7 nitrogen and oxygen atoms in total. The Bertz CT molecular complexity index is 730. The van der Waals surface area contributed by atoms with Gasteiger partial charge in [0.1, 0.15) is 17.6 Å². The molecular formula is C14H15N5O2S. The molecule has 1 aromatic carbocycles. The molecule has 2 amide bonds. The molecule has 0 radical (unpaired) electrons. The maximum Gasteiger partial charge on any atom is 0.249 e. The fourth-order valence-electron chi connectivity index (χ4n) is 2.29. The first kappa shape index (κ1) is 14.5. The number of carbonyl (C=O) groups excluding carboxylic acids is 2. The van der Waals surface area contributed by atoms with Crippen LogP contribution in [0.15, 0.2) is 24.3 Å². The van der Waals surface area contributed by atoms with Crippen LogP contribution in [0.1, 0.15) is 11.9 Å². The highest BCUT2D eigenvalue weighted by atomic mass is 32.1. The van der Waals surface area contributed by atoms with E-state index >= 15 is 0 Å². The number of aryl methyl sites for hydroxylation is 1. The summed E-state index contributed by atoms with van der Waals surface area (Å²) in [4.78, 5) is 26.0. The Hall–Kier alpha value is -2.48. The van der Waals surface area contributed by atoms with Crippen LogP contribution in [0, 0.1) is 6.92 Å². The molecule has 2 heterocycles. The van der Waals surface area contributed by atoms with E-state index in [1.807, 2.05) is 31.2 Å².